The van der Waals surface area contributed by atoms with Crippen molar-refractivity contribution in [3.05, 3.63) is 30.0 Å². The van der Waals surface area contributed by atoms with Crippen molar-refractivity contribution in [1.82, 2.24) is 4.98 Å². The van der Waals surface area contributed by atoms with Gasteiger partial charge in [-0.1, -0.05) is 12.1 Å². The lowest BCUT2D eigenvalue weighted by Gasteiger charge is -1.96. The smallest absolute Gasteiger partial charge is 0.423 e. The zero-order valence-corrected chi connectivity index (χ0v) is 7.28. The first kappa shape index (κ1) is 8.35. The maximum Gasteiger partial charge on any atom is 0.490 e. The van der Waals surface area contributed by atoms with Crippen LogP contribution in [0.25, 0.3) is 10.9 Å². The predicted octanol–water partition coefficient (Wildman–Crippen LogP) is 0.156. The van der Waals surface area contributed by atoms with Gasteiger partial charge in [0.1, 0.15) is 0 Å². The molecule has 0 fully saturated rings. The average molecular weight is 175 g/mol. The van der Waals surface area contributed by atoms with E-state index >= 15 is 0 Å². The third kappa shape index (κ3) is 1.34. The summed E-state index contributed by atoms with van der Waals surface area (Å²) in [6.45, 7) is 2.00. The van der Waals surface area contributed by atoms with Gasteiger partial charge in [-0.15, -0.1) is 0 Å². The van der Waals surface area contributed by atoms with Gasteiger partial charge in [0.05, 0.1) is 0 Å². The Kier molecular flexibility index (Phi) is 1.86. The van der Waals surface area contributed by atoms with Crippen molar-refractivity contribution < 1.29 is 10.0 Å². The van der Waals surface area contributed by atoms with Crippen molar-refractivity contribution in [2.45, 2.75) is 6.92 Å². The van der Waals surface area contributed by atoms with Crippen LogP contribution >= 0.6 is 0 Å². The highest BCUT2D eigenvalue weighted by atomic mass is 16.4. The van der Waals surface area contributed by atoms with E-state index in [4.69, 9.17) is 10.0 Å². The quantitative estimate of drug-likeness (QED) is 0.540. The largest absolute Gasteiger partial charge is 0.490 e. The first-order valence-corrected chi connectivity index (χ1v) is 4.12. The summed E-state index contributed by atoms with van der Waals surface area (Å²) in [4.78, 5) is 2.99. The molecule has 4 heteroatoms. The molecule has 66 valence electrons. The van der Waals surface area contributed by atoms with E-state index in [9.17, 15) is 0 Å². The maximum absolute atomic E-state index is 9.02. The number of aromatic nitrogens is 1. The fourth-order valence-corrected chi connectivity index (χ4v) is 1.48. The van der Waals surface area contributed by atoms with Crippen LogP contribution < -0.4 is 5.46 Å². The third-order valence-electron chi connectivity index (χ3n) is 2.15. The Hall–Kier alpha value is -1.26. The fourth-order valence-electron chi connectivity index (χ4n) is 1.48. The van der Waals surface area contributed by atoms with Crippen LogP contribution in [0.4, 0.5) is 0 Å². The van der Waals surface area contributed by atoms with E-state index in [1.54, 1.807) is 6.20 Å². The minimum atomic E-state index is -1.41. The summed E-state index contributed by atoms with van der Waals surface area (Å²) in [7, 11) is -1.41. The molecule has 0 saturated heterocycles. The standard InChI is InChI=1S/C9H10BNO2/c1-6-2-3-7-8(10(12)13)5-11-9(7)4-6/h2-5,11-13H,1H3. The summed E-state index contributed by atoms with van der Waals surface area (Å²) in [6.07, 6.45) is 1.62. The van der Waals surface area contributed by atoms with Crippen LogP contribution in [-0.4, -0.2) is 22.2 Å². The van der Waals surface area contributed by atoms with Crippen LogP contribution in [-0.2, 0) is 0 Å². The molecular formula is C9H10BNO2. The highest BCUT2D eigenvalue weighted by Crippen LogP contribution is 2.12. The minimum absolute atomic E-state index is 0.523. The van der Waals surface area contributed by atoms with E-state index in [1.807, 2.05) is 25.1 Å². The van der Waals surface area contributed by atoms with Crippen LogP contribution in [0.15, 0.2) is 24.4 Å². The molecule has 0 atom stereocenters. The van der Waals surface area contributed by atoms with Gasteiger partial charge < -0.3 is 15.0 Å². The van der Waals surface area contributed by atoms with E-state index in [2.05, 4.69) is 4.98 Å². The molecule has 0 unspecified atom stereocenters. The molecule has 2 rings (SSSR count). The van der Waals surface area contributed by atoms with Gasteiger partial charge in [0, 0.05) is 17.2 Å². The molecule has 0 radical (unpaired) electrons. The van der Waals surface area contributed by atoms with Gasteiger partial charge in [-0.3, -0.25) is 0 Å². The SMILES string of the molecule is Cc1ccc2c(B(O)O)c[nH]c2c1. The Morgan fingerprint density at radius 3 is 2.77 bits per heavy atom. The molecular weight excluding hydrogens is 165 g/mol. The first-order valence-electron chi connectivity index (χ1n) is 4.12. The zero-order valence-electron chi connectivity index (χ0n) is 7.28. The normalized spacial score (nSPS) is 10.7. The lowest BCUT2D eigenvalue weighted by atomic mass is 9.80. The second-order valence-corrected chi connectivity index (χ2v) is 3.17. The molecule has 0 aliphatic carbocycles. The topological polar surface area (TPSA) is 56.2 Å². The highest BCUT2D eigenvalue weighted by molar-refractivity contribution is 6.62. The molecule has 1 aromatic heterocycles. The average Bonchev–Trinajstić information content (AvgIpc) is 2.46. The van der Waals surface area contributed by atoms with Crippen molar-refractivity contribution in [1.29, 1.82) is 0 Å². The Morgan fingerprint density at radius 1 is 1.31 bits per heavy atom. The van der Waals surface area contributed by atoms with Gasteiger partial charge >= 0.3 is 7.12 Å². The number of hydrogen-bond donors (Lipinski definition) is 3. The van der Waals surface area contributed by atoms with Crippen LogP contribution in [0.3, 0.4) is 0 Å². The lowest BCUT2D eigenvalue weighted by Crippen LogP contribution is -2.28. The number of aromatic amines is 1. The summed E-state index contributed by atoms with van der Waals surface area (Å²) >= 11 is 0. The molecule has 0 amide bonds. The molecule has 2 aromatic rings. The van der Waals surface area contributed by atoms with Crippen LogP contribution in [0.5, 0.6) is 0 Å². The Bertz CT molecular complexity index is 436. The molecule has 0 aliphatic heterocycles. The number of aryl methyl sites for hydroxylation is 1. The van der Waals surface area contributed by atoms with Crippen molar-refractivity contribution in [2.24, 2.45) is 0 Å². The van der Waals surface area contributed by atoms with Crippen molar-refractivity contribution in [2.75, 3.05) is 0 Å². The van der Waals surface area contributed by atoms with E-state index in [0.717, 1.165) is 16.5 Å². The van der Waals surface area contributed by atoms with Crippen molar-refractivity contribution >= 4 is 23.5 Å². The number of H-pyrrole nitrogens is 1. The number of benzene rings is 1. The predicted molar refractivity (Wildman–Crippen MR) is 52.9 cm³/mol. The molecule has 3 nitrogen and oxygen atoms in total. The molecule has 1 aromatic carbocycles. The van der Waals surface area contributed by atoms with Crippen LogP contribution in [0, 0.1) is 6.92 Å². The van der Waals surface area contributed by atoms with Gasteiger partial charge in [0.2, 0.25) is 0 Å². The molecule has 0 spiro atoms. The van der Waals surface area contributed by atoms with Gasteiger partial charge in [0.25, 0.3) is 0 Å². The van der Waals surface area contributed by atoms with Crippen molar-refractivity contribution in [3.63, 3.8) is 0 Å². The summed E-state index contributed by atoms with van der Waals surface area (Å²) in [5.74, 6) is 0. The van der Waals surface area contributed by atoms with E-state index < -0.39 is 7.12 Å². The minimum Gasteiger partial charge on any atom is -0.423 e. The number of nitrogens with one attached hydrogen (secondary N) is 1. The summed E-state index contributed by atoms with van der Waals surface area (Å²) in [5.41, 5.74) is 2.60. The summed E-state index contributed by atoms with van der Waals surface area (Å²) < 4.78 is 0. The number of hydrogen-bond acceptors (Lipinski definition) is 2. The van der Waals surface area contributed by atoms with Crippen LogP contribution in [0.1, 0.15) is 5.56 Å². The zero-order chi connectivity index (χ0) is 9.42. The summed E-state index contributed by atoms with van der Waals surface area (Å²) in [5, 5.41) is 18.9. The maximum atomic E-state index is 9.02. The molecule has 0 saturated carbocycles. The van der Waals surface area contributed by atoms with Crippen molar-refractivity contribution in [3.8, 4) is 0 Å². The Morgan fingerprint density at radius 2 is 2.08 bits per heavy atom. The molecule has 3 N–H and O–H groups in total. The van der Waals surface area contributed by atoms with Crippen LogP contribution in [0.2, 0.25) is 0 Å². The van der Waals surface area contributed by atoms with Gasteiger partial charge in [-0.05, 0) is 23.9 Å². The van der Waals surface area contributed by atoms with E-state index in [0.29, 0.717) is 5.46 Å². The van der Waals surface area contributed by atoms with E-state index in [-0.39, 0.29) is 0 Å². The summed E-state index contributed by atoms with van der Waals surface area (Å²) in [6, 6.07) is 5.80. The first-order chi connectivity index (χ1) is 6.18. The third-order valence-corrected chi connectivity index (χ3v) is 2.15. The van der Waals surface area contributed by atoms with Gasteiger partial charge in [0.15, 0.2) is 0 Å². The molecule has 0 aliphatic rings. The van der Waals surface area contributed by atoms with Gasteiger partial charge in [-0.25, -0.2) is 0 Å². The molecule has 0 bridgehead atoms. The Balaban J connectivity index is 2.69. The second-order valence-electron chi connectivity index (χ2n) is 3.17. The second kappa shape index (κ2) is 2.90. The Labute approximate surface area is 76.2 Å². The fraction of sp³-hybridized carbons (Fsp3) is 0.111. The molecule has 13 heavy (non-hydrogen) atoms. The molecule has 1 heterocycles. The lowest BCUT2D eigenvalue weighted by molar-refractivity contribution is 0.426. The number of fused-ring (bicyclic) bond motifs is 1. The van der Waals surface area contributed by atoms with E-state index in [1.165, 1.54) is 0 Å². The van der Waals surface area contributed by atoms with Gasteiger partial charge in [-0.2, -0.15) is 0 Å². The number of rotatable bonds is 1. The highest BCUT2D eigenvalue weighted by Gasteiger charge is 2.15. The monoisotopic (exact) mass is 175 g/mol.